The molecule has 3 N–H and O–H groups in total. The molecular formula is C16H23F2N2O+. The molecule has 1 aromatic carbocycles. The van der Waals surface area contributed by atoms with Gasteiger partial charge in [0.05, 0.1) is 6.04 Å². The molecule has 5 heteroatoms. The van der Waals surface area contributed by atoms with Gasteiger partial charge >= 0.3 is 0 Å². The fraction of sp³-hybridized carbons (Fsp3) is 0.562. The van der Waals surface area contributed by atoms with Crippen LogP contribution in [0.1, 0.15) is 44.9 Å². The van der Waals surface area contributed by atoms with Crippen molar-refractivity contribution in [1.82, 2.24) is 0 Å². The maximum Gasteiger partial charge on any atom is 0.279 e. The first-order valence-corrected chi connectivity index (χ1v) is 7.74. The lowest BCUT2D eigenvalue weighted by atomic mass is 9.97. The second-order valence-corrected chi connectivity index (χ2v) is 5.69. The molecule has 0 heterocycles. The number of carbonyl (C=O) groups is 1. The Morgan fingerprint density at radius 2 is 1.67 bits per heavy atom. The van der Waals surface area contributed by atoms with Crippen LogP contribution in [-0.4, -0.2) is 18.5 Å². The lowest BCUT2D eigenvalue weighted by Crippen LogP contribution is -2.91. The van der Waals surface area contributed by atoms with Crippen LogP contribution in [0.25, 0.3) is 0 Å². The van der Waals surface area contributed by atoms with Crippen molar-refractivity contribution in [1.29, 1.82) is 0 Å². The van der Waals surface area contributed by atoms with Crippen LogP contribution in [0.5, 0.6) is 0 Å². The molecule has 1 aliphatic carbocycles. The van der Waals surface area contributed by atoms with Crippen molar-refractivity contribution in [3.05, 3.63) is 29.8 Å². The Bertz CT molecular complexity index is 451. The van der Waals surface area contributed by atoms with Crippen molar-refractivity contribution < 1.29 is 18.9 Å². The van der Waals surface area contributed by atoms with Crippen LogP contribution in [0, 0.1) is 11.6 Å². The van der Waals surface area contributed by atoms with E-state index in [1.165, 1.54) is 38.2 Å². The van der Waals surface area contributed by atoms with Crippen molar-refractivity contribution >= 4 is 11.6 Å². The summed E-state index contributed by atoms with van der Waals surface area (Å²) < 4.78 is 26.9. The van der Waals surface area contributed by atoms with Crippen LogP contribution in [0.4, 0.5) is 14.5 Å². The fourth-order valence-corrected chi connectivity index (χ4v) is 2.80. The Labute approximate surface area is 124 Å². The molecule has 1 fully saturated rings. The van der Waals surface area contributed by atoms with E-state index in [9.17, 15) is 13.6 Å². The van der Waals surface area contributed by atoms with E-state index in [4.69, 9.17) is 0 Å². The smallest absolute Gasteiger partial charge is 0.279 e. The highest BCUT2D eigenvalue weighted by atomic mass is 19.1. The van der Waals surface area contributed by atoms with Crippen LogP contribution in [0.3, 0.4) is 0 Å². The fourth-order valence-electron chi connectivity index (χ4n) is 2.80. The quantitative estimate of drug-likeness (QED) is 0.881. The SMILES string of the molecule is O=C(C[NH2+]C1CCCCCCC1)Nc1c(F)cccc1F. The van der Waals surface area contributed by atoms with Crippen LogP contribution in [0.15, 0.2) is 18.2 Å². The number of para-hydroxylation sites is 1. The topological polar surface area (TPSA) is 45.7 Å². The average molecular weight is 297 g/mol. The standard InChI is InChI=1S/C16H22F2N2O/c17-13-9-6-10-14(18)16(13)20-15(21)11-19-12-7-4-2-1-3-5-8-12/h6,9-10,12,19H,1-5,7-8,11H2,(H,20,21)/p+1. The molecule has 0 atom stereocenters. The summed E-state index contributed by atoms with van der Waals surface area (Å²) in [6, 6.07) is 4.00. The maximum atomic E-state index is 13.4. The van der Waals surface area contributed by atoms with E-state index in [-0.39, 0.29) is 18.1 Å². The Morgan fingerprint density at radius 1 is 1.10 bits per heavy atom. The minimum atomic E-state index is -0.741. The highest BCUT2D eigenvalue weighted by molar-refractivity contribution is 5.91. The molecular weight excluding hydrogens is 274 g/mol. The third kappa shape index (κ3) is 5.08. The molecule has 0 aliphatic heterocycles. The summed E-state index contributed by atoms with van der Waals surface area (Å²) in [5, 5.41) is 4.33. The first-order valence-electron chi connectivity index (χ1n) is 7.74. The molecule has 116 valence electrons. The molecule has 1 aliphatic rings. The number of benzene rings is 1. The molecule has 1 aromatic rings. The number of nitrogens with one attached hydrogen (secondary N) is 1. The summed E-state index contributed by atoms with van der Waals surface area (Å²) in [5.41, 5.74) is -0.353. The lowest BCUT2D eigenvalue weighted by molar-refractivity contribution is -0.680. The molecule has 0 aromatic heterocycles. The maximum absolute atomic E-state index is 13.4. The van der Waals surface area contributed by atoms with E-state index in [0.717, 1.165) is 25.0 Å². The van der Waals surface area contributed by atoms with Gasteiger partial charge in [-0.15, -0.1) is 0 Å². The zero-order valence-electron chi connectivity index (χ0n) is 12.2. The summed E-state index contributed by atoms with van der Waals surface area (Å²) in [6.07, 6.45) is 8.45. The van der Waals surface area contributed by atoms with E-state index in [1.54, 1.807) is 0 Å². The summed E-state index contributed by atoms with van der Waals surface area (Å²) in [4.78, 5) is 11.8. The molecule has 3 nitrogen and oxygen atoms in total. The van der Waals surface area contributed by atoms with Gasteiger partial charge in [-0.25, -0.2) is 8.78 Å². The van der Waals surface area contributed by atoms with E-state index >= 15 is 0 Å². The molecule has 21 heavy (non-hydrogen) atoms. The largest absolute Gasteiger partial charge is 0.336 e. The second kappa shape index (κ2) is 8.08. The lowest BCUT2D eigenvalue weighted by Gasteiger charge is -2.18. The molecule has 2 rings (SSSR count). The Balaban J connectivity index is 1.81. The minimum Gasteiger partial charge on any atom is -0.336 e. The van der Waals surface area contributed by atoms with Crippen molar-refractivity contribution in [2.24, 2.45) is 0 Å². The van der Waals surface area contributed by atoms with E-state index in [2.05, 4.69) is 5.32 Å². The van der Waals surface area contributed by atoms with Gasteiger partial charge in [-0.2, -0.15) is 0 Å². The van der Waals surface area contributed by atoms with Gasteiger partial charge in [-0.1, -0.05) is 25.3 Å². The number of halogens is 2. The zero-order valence-corrected chi connectivity index (χ0v) is 12.2. The predicted molar refractivity (Wildman–Crippen MR) is 77.9 cm³/mol. The van der Waals surface area contributed by atoms with Crippen LogP contribution < -0.4 is 10.6 Å². The molecule has 1 amide bonds. The number of anilines is 1. The van der Waals surface area contributed by atoms with Gasteiger partial charge in [-0.3, -0.25) is 4.79 Å². The molecule has 1 saturated carbocycles. The van der Waals surface area contributed by atoms with E-state index in [0.29, 0.717) is 6.04 Å². The van der Waals surface area contributed by atoms with E-state index in [1.807, 2.05) is 5.32 Å². The van der Waals surface area contributed by atoms with Gasteiger partial charge in [0.2, 0.25) is 0 Å². The Hall–Kier alpha value is -1.49. The van der Waals surface area contributed by atoms with Gasteiger partial charge < -0.3 is 10.6 Å². The summed E-state index contributed by atoms with van der Waals surface area (Å²) in [7, 11) is 0. The molecule has 0 bridgehead atoms. The molecule has 0 unspecified atom stereocenters. The molecule has 0 spiro atoms. The summed E-state index contributed by atoms with van der Waals surface area (Å²) in [5.74, 6) is -1.84. The Kier molecular flexibility index (Phi) is 6.11. The van der Waals surface area contributed by atoms with Gasteiger partial charge in [0.25, 0.3) is 5.91 Å². The highest BCUT2D eigenvalue weighted by Crippen LogP contribution is 2.17. The Morgan fingerprint density at radius 3 is 2.29 bits per heavy atom. The number of quaternary nitrogens is 1. The van der Waals surface area contributed by atoms with Crippen molar-refractivity contribution in [3.63, 3.8) is 0 Å². The predicted octanol–water partition coefficient (Wildman–Crippen LogP) is 2.58. The number of rotatable bonds is 4. The van der Waals surface area contributed by atoms with Crippen molar-refractivity contribution in [3.8, 4) is 0 Å². The zero-order chi connectivity index (χ0) is 15.1. The summed E-state index contributed by atoms with van der Waals surface area (Å²) in [6.45, 7) is 0.207. The number of hydrogen-bond acceptors (Lipinski definition) is 1. The highest BCUT2D eigenvalue weighted by Gasteiger charge is 2.17. The second-order valence-electron chi connectivity index (χ2n) is 5.69. The van der Waals surface area contributed by atoms with Gasteiger partial charge in [0.1, 0.15) is 17.3 Å². The first-order chi connectivity index (χ1) is 10.2. The van der Waals surface area contributed by atoms with Gasteiger partial charge in [0.15, 0.2) is 6.54 Å². The van der Waals surface area contributed by atoms with Crippen LogP contribution in [-0.2, 0) is 4.79 Å². The van der Waals surface area contributed by atoms with Crippen molar-refractivity contribution in [2.45, 2.75) is 51.0 Å². The third-order valence-corrected chi connectivity index (χ3v) is 4.01. The summed E-state index contributed by atoms with van der Waals surface area (Å²) >= 11 is 0. The average Bonchev–Trinajstić information content (AvgIpc) is 2.42. The number of amides is 1. The van der Waals surface area contributed by atoms with Crippen molar-refractivity contribution in [2.75, 3.05) is 11.9 Å². The van der Waals surface area contributed by atoms with Crippen LogP contribution >= 0.6 is 0 Å². The third-order valence-electron chi connectivity index (χ3n) is 4.01. The molecule has 0 saturated heterocycles. The molecule has 0 radical (unpaired) electrons. The number of nitrogens with two attached hydrogens (primary N) is 1. The number of carbonyl (C=O) groups excluding carboxylic acids is 1. The first kappa shape index (κ1) is 15.9. The monoisotopic (exact) mass is 297 g/mol. The van der Waals surface area contributed by atoms with Gasteiger partial charge in [0, 0.05) is 0 Å². The minimum absolute atomic E-state index is 0.207. The normalized spacial score (nSPS) is 17.0. The van der Waals surface area contributed by atoms with E-state index < -0.39 is 11.6 Å². The van der Waals surface area contributed by atoms with Crippen LogP contribution in [0.2, 0.25) is 0 Å². The van der Waals surface area contributed by atoms with Gasteiger partial charge in [-0.05, 0) is 37.8 Å². The number of hydrogen-bond donors (Lipinski definition) is 2.